The molecule has 0 aliphatic heterocycles. The summed E-state index contributed by atoms with van der Waals surface area (Å²) in [7, 11) is 1.24. The highest BCUT2D eigenvalue weighted by Gasteiger charge is 2.42. The first kappa shape index (κ1) is 28.7. The lowest BCUT2D eigenvalue weighted by Crippen LogP contribution is -2.58. The van der Waals surface area contributed by atoms with E-state index < -0.39 is 41.6 Å². The van der Waals surface area contributed by atoms with Gasteiger partial charge in [0.25, 0.3) is 0 Å². The second-order valence-corrected chi connectivity index (χ2v) is 10.3. The van der Waals surface area contributed by atoms with Crippen molar-refractivity contribution in [2.45, 2.75) is 70.2 Å². The van der Waals surface area contributed by atoms with Crippen molar-refractivity contribution in [3.05, 3.63) is 71.8 Å². The summed E-state index contributed by atoms with van der Waals surface area (Å²) < 4.78 is 10.1. The van der Waals surface area contributed by atoms with Crippen LogP contribution in [0.5, 0.6) is 0 Å². The Morgan fingerprint density at radius 2 is 1.58 bits per heavy atom. The maximum atomic E-state index is 14.3. The molecular formula is C29H37N3O6. The number of rotatable bonds is 10. The number of carbonyl (C=O) groups excluding carboxylic acids is 4. The number of esters is 1. The van der Waals surface area contributed by atoms with Crippen LogP contribution < -0.4 is 10.6 Å². The van der Waals surface area contributed by atoms with Gasteiger partial charge in [0.15, 0.2) is 0 Å². The van der Waals surface area contributed by atoms with Crippen molar-refractivity contribution in [3.8, 4) is 0 Å². The van der Waals surface area contributed by atoms with E-state index in [2.05, 4.69) is 15.4 Å². The number of hydrogen-bond donors (Lipinski definition) is 2. The summed E-state index contributed by atoms with van der Waals surface area (Å²) in [4.78, 5) is 53.9. The van der Waals surface area contributed by atoms with Gasteiger partial charge in [-0.2, -0.15) is 0 Å². The second kappa shape index (κ2) is 13.1. The Balaban J connectivity index is 1.98. The van der Waals surface area contributed by atoms with E-state index in [1.54, 1.807) is 49.9 Å². The van der Waals surface area contributed by atoms with Gasteiger partial charge in [0.05, 0.1) is 7.11 Å². The van der Waals surface area contributed by atoms with Gasteiger partial charge < -0.3 is 25.0 Å². The molecule has 2 N–H and O–H groups in total. The number of methoxy groups -OCH3 is 1. The monoisotopic (exact) mass is 523 g/mol. The Bertz CT molecular complexity index is 1100. The summed E-state index contributed by atoms with van der Waals surface area (Å²) >= 11 is 0. The molecule has 9 heteroatoms. The lowest BCUT2D eigenvalue weighted by Gasteiger charge is -2.43. The van der Waals surface area contributed by atoms with E-state index in [1.165, 1.54) is 7.11 Å². The topological polar surface area (TPSA) is 114 Å². The molecule has 3 amide bonds. The molecule has 2 unspecified atom stereocenters. The highest BCUT2D eigenvalue weighted by molar-refractivity contribution is 5.93. The van der Waals surface area contributed by atoms with Gasteiger partial charge in [-0.15, -0.1) is 0 Å². The molecular weight excluding hydrogens is 486 g/mol. The Labute approximate surface area is 223 Å². The van der Waals surface area contributed by atoms with Crippen LogP contribution in [0.4, 0.5) is 4.79 Å². The van der Waals surface area contributed by atoms with E-state index in [0.29, 0.717) is 5.56 Å². The molecule has 0 saturated heterocycles. The third-order valence-electron chi connectivity index (χ3n) is 6.27. The van der Waals surface area contributed by atoms with Crippen molar-refractivity contribution >= 4 is 23.9 Å². The van der Waals surface area contributed by atoms with E-state index in [0.717, 1.165) is 24.8 Å². The number of nitrogens with zero attached hydrogens (tertiary/aromatic N) is 1. The van der Waals surface area contributed by atoms with Gasteiger partial charge in [-0.3, -0.25) is 14.4 Å². The van der Waals surface area contributed by atoms with Gasteiger partial charge in [-0.1, -0.05) is 60.7 Å². The van der Waals surface area contributed by atoms with Gasteiger partial charge in [-0.25, -0.2) is 4.79 Å². The van der Waals surface area contributed by atoms with Crippen LogP contribution in [0.25, 0.3) is 0 Å². The first-order valence-corrected chi connectivity index (χ1v) is 12.8. The molecule has 3 rings (SSSR count). The molecule has 1 aliphatic carbocycles. The zero-order valence-electron chi connectivity index (χ0n) is 22.4. The lowest BCUT2D eigenvalue weighted by atomic mass is 9.87. The minimum Gasteiger partial charge on any atom is -0.468 e. The maximum Gasteiger partial charge on any atom is 0.408 e. The predicted octanol–water partition coefficient (Wildman–Crippen LogP) is 3.53. The molecule has 9 nitrogen and oxygen atoms in total. The molecule has 0 heterocycles. The molecule has 0 aromatic heterocycles. The zero-order chi connectivity index (χ0) is 27.7. The largest absolute Gasteiger partial charge is 0.468 e. The van der Waals surface area contributed by atoms with Crippen LogP contribution in [0.1, 0.15) is 57.2 Å². The fraction of sp³-hybridized carbons (Fsp3) is 0.448. The SMILES string of the molecule is COC(=O)CNC(=O)C(c1ccccc1)N(C(=O)C(Cc1ccccc1)NC(=O)OC(C)(C)C)C1CCC1. The number of hydrogen-bond acceptors (Lipinski definition) is 6. The van der Waals surface area contributed by atoms with Gasteiger partial charge in [0, 0.05) is 12.5 Å². The fourth-order valence-electron chi connectivity index (χ4n) is 4.26. The highest BCUT2D eigenvalue weighted by atomic mass is 16.6. The summed E-state index contributed by atoms with van der Waals surface area (Å²) in [5.41, 5.74) is 0.700. The van der Waals surface area contributed by atoms with Crippen molar-refractivity contribution < 1.29 is 28.7 Å². The van der Waals surface area contributed by atoms with Gasteiger partial charge in [-0.05, 0) is 51.2 Å². The number of alkyl carbamates (subject to hydrolysis) is 1. The van der Waals surface area contributed by atoms with Crippen LogP contribution in [-0.2, 0) is 30.3 Å². The molecule has 204 valence electrons. The molecule has 1 fully saturated rings. The summed E-state index contributed by atoms with van der Waals surface area (Å²) in [5.74, 6) is -1.50. The Morgan fingerprint density at radius 3 is 2.11 bits per heavy atom. The van der Waals surface area contributed by atoms with E-state index in [4.69, 9.17) is 4.74 Å². The minimum atomic E-state index is -1.00. The Hall–Kier alpha value is -3.88. The number of ether oxygens (including phenoxy) is 2. The van der Waals surface area contributed by atoms with Crippen molar-refractivity contribution in [2.75, 3.05) is 13.7 Å². The minimum absolute atomic E-state index is 0.199. The molecule has 2 aromatic carbocycles. The maximum absolute atomic E-state index is 14.3. The predicted molar refractivity (Wildman–Crippen MR) is 142 cm³/mol. The lowest BCUT2D eigenvalue weighted by molar-refractivity contribution is -0.148. The average Bonchev–Trinajstić information content (AvgIpc) is 2.85. The normalized spacial score (nSPS) is 14.8. The quantitative estimate of drug-likeness (QED) is 0.461. The van der Waals surface area contributed by atoms with Gasteiger partial charge in [0.2, 0.25) is 11.8 Å². The van der Waals surface area contributed by atoms with Crippen LogP contribution in [0.15, 0.2) is 60.7 Å². The van der Waals surface area contributed by atoms with Crippen LogP contribution in [0, 0.1) is 0 Å². The van der Waals surface area contributed by atoms with Crippen molar-refractivity contribution in [1.29, 1.82) is 0 Å². The van der Waals surface area contributed by atoms with Crippen LogP contribution in [-0.4, -0.2) is 60.1 Å². The summed E-state index contributed by atoms with van der Waals surface area (Å²) in [6.07, 6.45) is 1.87. The molecule has 1 saturated carbocycles. The molecule has 2 aromatic rings. The van der Waals surface area contributed by atoms with Gasteiger partial charge in [0.1, 0.15) is 24.2 Å². The molecule has 0 spiro atoms. The summed E-state index contributed by atoms with van der Waals surface area (Å²) in [5, 5.41) is 5.36. The third kappa shape index (κ3) is 8.06. The summed E-state index contributed by atoms with van der Waals surface area (Å²) in [6.45, 7) is 4.92. The molecule has 2 atom stereocenters. The van der Waals surface area contributed by atoms with Crippen LogP contribution >= 0.6 is 0 Å². The van der Waals surface area contributed by atoms with Gasteiger partial charge >= 0.3 is 12.1 Å². The van der Waals surface area contributed by atoms with Crippen molar-refractivity contribution in [3.63, 3.8) is 0 Å². The highest BCUT2D eigenvalue weighted by Crippen LogP contribution is 2.34. The molecule has 38 heavy (non-hydrogen) atoms. The van der Waals surface area contributed by atoms with Crippen molar-refractivity contribution in [2.24, 2.45) is 0 Å². The van der Waals surface area contributed by atoms with E-state index in [1.807, 2.05) is 36.4 Å². The average molecular weight is 524 g/mol. The van der Waals surface area contributed by atoms with Crippen LogP contribution in [0.2, 0.25) is 0 Å². The molecule has 0 radical (unpaired) electrons. The first-order chi connectivity index (χ1) is 18.1. The fourth-order valence-corrected chi connectivity index (χ4v) is 4.26. The first-order valence-electron chi connectivity index (χ1n) is 12.8. The van der Waals surface area contributed by atoms with Crippen LogP contribution in [0.3, 0.4) is 0 Å². The van der Waals surface area contributed by atoms with E-state index in [-0.39, 0.29) is 19.0 Å². The number of amides is 3. The Kier molecular flexibility index (Phi) is 9.87. The zero-order valence-corrected chi connectivity index (χ0v) is 22.4. The molecule has 0 bridgehead atoms. The van der Waals surface area contributed by atoms with E-state index in [9.17, 15) is 19.2 Å². The smallest absolute Gasteiger partial charge is 0.408 e. The summed E-state index contributed by atoms with van der Waals surface area (Å²) in [6, 6.07) is 16.1. The number of benzene rings is 2. The third-order valence-corrected chi connectivity index (χ3v) is 6.27. The standard InChI is InChI=1S/C29H37N3O6/c1-29(2,3)38-28(36)31-23(18-20-12-7-5-8-13-20)27(35)32(22-16-11-17-22)25(21-14-9-6-10-15-21)26(34)30-19-24(33)37-4/h5-10,12-15,22-23,25H,11,16-19H2,1-4H3,(H,30,34)(H,31,36). The van der Waals surface area contributed by atoms with E-state index >= 15 is 0 Å². The Morgan fingerprint density at radius 1 is 0.974 bits per heavy atom. The second-order valence-electron chi connectivity index (χ2n) is 10.3. The van der Waals surface area contributed by atoms with Crippen molar-refractivity contribution in [1.82, 2.24) is 15.5 Å². The number of carbonyl (C=O) groups is 4. The molecule has 1 aliphatic rings. The number of nitrogens with one attached hydrogen (secondary N) is 2.